The molecule has 2 N–H and O–H groups in total. The van der Waals surface area contributed by atoms with Crippen molar-refractivity contribution in [1.82, 2.24) is 9.78 Å². The van der Waals surface area contributed by atoms with Crippen LogP contribution in [0.2, 0.25) is 0 Å². The van der Waals surface area contributed by atoms with Gasteiger partial charge in [0.1, 0.15) is 5.82 Å². The van der Waals surface area contributed by atoms with Crippen molar-refractivity contribution in [2.75, 3.05) is 5.73 Å². The number of nitrogens with zero attached hydrogens (tertiary/aromatic N) is 2. The number of benzene rings is 1. The van der Waals surface area contributed by atoms with Gasteiger partial charge in [-0.3, -0.25) is 4.68 Å². The minimum atomic E-state index is -0.381. The molecule has 0 aliphatic rings. The van der Waals surface area contributed by atoms with E-state index in [1.54, 1.807) is 10.7 Å². The zero-order valence-corrected chi connectivity index (χ0v) is 10.1. The Labute approximate surface area is 100 Å². The van der Waals surface area contributed by atoms with Gasteiger partial charge in [0, 0.05) is 24.4 Å². The van der Waals surface area contributed by atoms with Crippen LogP contribution in [0.5, 0.6) is 0 Å². The van der Waals surface area contributed by atoms with Crippen molar-refractivity contribution in [3.05, 3.63) is 35.9 Å². The van der Waals surface area contributed by atoms with Crippen LogP contribution >= 0.6 is 0 Å². The normalized spacial score (nSPS) is 10.8. The van der Waals surface area contributed by atoms with Gasteiger partial charge in [-0.15, -0.1) is 0 Å². The monoisotopic (exact) mass is 233 g/mol. The number of anilines is 1. The summed E-state index contributed by atoms with van der Waals surface area (Å²) in [7, 11) is 1.86. The summed E-state index contributed by atoms with van der Waals surface area (Å²) in [6.07, 6.45) is 3.75. The van der Waals surface area contributed by atoms with Gasteiger partial charge in [0.05, 0.1) is 11.4 Å². The summed E-state index contributed by atoms with van der Waals surface area (Å²) in [5, 5.41) is 4.39. The Balaban J connectivity index is 2.55. The SMILES string of the molecule is CCCc1nn(C)cc1-c1cccc(F)c1N. The summed E-state index contributed by atoms with van der Waals surface area (Å²) >= 11 is 0. The van der Waals surface area contributed by atoms with Crippen LogP contribution in [0, 0.1) is 5.82 Å². The zero-order chi connectivity index (χ0) is 12.4. The molecule has 0 unspecified atom stereocenters. The van der Waals surface area contributed by atoms with Gasteiger partial charge in [0.2, 0.25) is 0 Å². The molecule has 0 aliphatic heterocycles. The maximum absolute atomic E-state index is 13.4. The van der Waals surface area contributed by atoms with E-state index in [2.05, 4.69) is 12.0 Å². The molecule has 90 valence electrons. The first kappa shape index (κ1) is 11.6. The van der Waals surface area contributed by atoms with Gasteiger partial charge in [-0.05, 0) is 12.5 Å². The van der Waals surface area contributed by atoms with Crippen LogP contribution in [0.15, 0.2) is 24.4 Å². The molecule has 0 saturated carbocycles. The molecular formula is C13H16FN3. The standard InChI is InChI=1S/C13H16FN3/c1-3-5-12-10(8-17(2)16-12)9-6-4-7-11(14)13(9)15/h4,6-8H,3,5,15H2,1-2H3. The van der Waals surface area contributed by atoms with Crippen LogP contribution in [-0.2, 0) is 13.5 Å². The van der Waals surface area contributed by atoms with Crippen molar-refractivity contribution >= 4 is 5.69 Å². The van der Waals surface area contributed by atoms with Crippen molar-refractivity contribution in [2.45, 2.75) is 19.8 Å². The Morgan fingerprint density at radius 2 is 2.12 bits per heavy atom. The molecule has 0 amide bonds. The van der Waals surface area contributed by atoms with E-state index in [0.717, 1.165) is 29.7 Å². The minimum absolute atomic E-state index is 0.192. The molecular weight excluding hydrogens is 217 g/mol. The van der Waals surface area contributed by atoms with Crippen LogP contribution in [-0.4, -0.2) is 9.78 Å². The average molecular weight is 233 g/mol. The van der Waals surface area contributed by atoms with E-state index in [1.165, 1.54) is 6.07 Å². The van der Waals surface area contributed by atoms with E-state index < -0.39 is 0 Å². The second kappa shape index (κ2) is 4.57. The summed E-state index contributed by atoms with van der Waals surface area (Å²) in [6, 6.07) is 4.87. The largest absolute Gasteiger partial charge is 0.396 e. The van der Waals surface area contributed by atoms with E-state index >= 15 is 0 Å². The minimum Gasteiger partial charge on any atom is -0.396 e. The average Bonchev–Trinajstić information content (AvgIpc) is 2.64. The highest BCUT2D eigenvalue weighted by Crippen LogP contribution is 2.30. The lowest BCUT2D eigenvalue weighted by molar-refractivity contribution is 0.633. The van der Waals surface area contributed by atoms with E-state index in [9.17, 15) is 4.39 Å². The summed E-state index contributed by atoms with van der Waals surface area (Å²) in [4.78, 5) is 0. The van der Waals surface area contributed by atoms with Gasteiger partial charge >= 0.3 is 0 Å². The van der Waals surface area contributed by atoms with E-state index in [1.807, 2.05) is 19.3 Å². The third kappa shape index (κ3) is 2.16. The zero-order valence-electron chi connectivity index (χ0n) is 10.1. The molecule has 0 aliphatic carbocycles. The predicted molar refractivity (Wildman–Crippen MR) is 67.0 cm³/mol. The smallest absolute Gasteiger partial charge is 0.146 e. The fraction of sp³-hybridized carbons (Fsp3) is 0.308. The first-order valence-corrected chi connectivity index (χ1v) is 5.70. The van der Waals surface area contributed by atoms with Gasteiger partial charge in [-0.2, -0.15) is 5.10 Å². The molecule has 1 heterocycles. The van der Waals surface area contributed by atoms with Gasteiger partial charge in [-0.25, -0.2) is 4.39 Å². The molecule has 17 heavy (non-hydrogen) atoms. The fourth-order valence-corrected chi connectivity index (χ4v) is 1.95. The molecule has 0 spiro atoms. The van der Waals surface area contributed by atoms with Crippen molar-refractivity contribution in [2.24, 2.45) is 7.05 Å². The molecule has 0 bridgehead atoms. The Kier molecular flexibility index (Phi) is 3.13. The quantitative estimate of drug-likeness (QED) is 0.828. The first-order valence-electron chi connectivity index (χ1n) is 5.70. The number of aryl methyl sites for hydroxylation is 2. The number of hydrogen-bond donors (Lipinski definition) is 1. The Bertz CT molecular complexity index is 531. The summed E-state index contributed by atoms with van der Waals surface area (Å²) < 4.78 is 15.2. The Hall–Kier alpha value is -1.84. The molecule has 1 aromatic heterocycles. The number of nitrogen functional groups attached to an aromatic ring is 1. The second-order valence-corrected chi connectivity index (χ2v) is 4.11. The van der Waals surface area contributed by atoms with Crippen molar-refractivity contribution in [3.8, 4) is 11.1 Å². The Morgan fingerprint density at radius 3 is 2.82 bits per heavy atom. The van der Waals surface area contributed by atoms with Crippen LogP contribution in [0.1, 0.15) is 19.0 Å². The molecule has 0 fully saturated rings. The molecule has 1 aromatic carbocycles. The van der Waals surface area contributed by atoms with Gasteiger partial charge < -0.3 is 5.73 Å². The van der Waals surface area contributed by atoms with Crippen LogP contribution in [0.4, 0.5) is 10.1 Å². The number of hydrogen-bond acceptors (Lipinski definition) is 2. The molecule has 2 aromatic rings. The molecule has 0 saturated heterocycles. The van der Waals surface area contributed by atoms with Crippen molar-refractivity contribution in [1.29, 1.82) is 0 Å². The van der Waals surface area contributed by atoms with Gasteiger partial charge in [-0.1, -0.05) is 25.5 Å². The number of nitrogens with two attached hydrogens (primary N) is 1. The third-order valence-corrected chi connectivity index (χ3v) is 2.74. The lowest BCUT2D eigenvalue weighted by Gasteiger charge is -2.06. The van der Waals surface area contributed by atoms with Gasteiger partial charge in [0.25, 0.3) is 0 Å². The summed E-state index contributed by atoms with van der Waals surface area (Å²) in [5.74, 6) is -0.381. The number of halogens is 1. The highest BCUT2D eigenvalue weighted by Gasteiger charge is 2.13. The predicted octanol–water partition coefficient (Wildman–Crippen LogP) is 2.76. The lowest BCUT2D eigenvalue weighted by Crippen LogP contribution is -1.95. The number of para-hydroxylation sites is 1. The maximum Gasteiger partial charge on any atom is 0.146 e. The Morgan fingerprint density at radius 1 is 1.35 bits per heavy atom. The lowest BCUT2D eigenvalue weighted by atomic mass is 10.0. The van der Waals surface area contributed by atoms with E-state index in [-0.39, 0.29) is 11.5 Å². The van der Waals surface area contributed by atoms with E-state index in [4.69, 9.17) is 5.73 Å². The third-order valence-electron chi connectivity index (χ3n) is 2.74. The van der Waals surface area contributed by atoms with E-state index in [0.29, 0.717) is 0 Å². The molecule has 0 radical (unpaired) electrons. The molecule has 2 rings (SSSR count). The molecule has 3 nitrogen and oxygen atoms in total. The summed E-state index contributed by atoms with van der Waals surface area (Å²) in [5.41, 5.74) is 8.58. The van der Waals surface area contributed by atoms with Crippen LogP contribution in [0.3, 0.4) is 0 Å². The van der Waals surface area contributed by atoms with Crippen molar-refractivity contribution < 1.29 is 4.39 Å². The second-order valence-electron chi connectivity index (χ2n) is 4.11. The van der Waals surface area contributed by atoms with Crippen LogP contribution < -0.4 is 5.73 Å². The summed E-state index contributed by atoms with van der Waals surface area (Å²) in [6.45, 7) is 2.09. The fourth-order valence-electron chi connectivity index (χ4n) is 1.95. The topological polar surface area (TPSA) is 43.8 Å². The first-order chi connectivity index (χ1) is 8.13. The number of rotatable bonds is 3. The van der Waals surface area contributed by atoms with Crippen LogP contribution in [0.25, 0.3) is 11.1 Å². The number of aromatic nitrogens is 2. The molecule has 4 heteroatoms. The van der Waals surface area contributed by atoms with Gasteiger partial charge in [0.15, 0.2) is 0 Å². The van der Waals surface area contributed by atoms with Crippen molar-refractivity contribution in [3.63, 3.8) is 0 Å². The maximum atomic E-state index is 13.4. The highest BCUT2D eigenvalue weighted by atomic mass is 19.1. The molecule has 0 atom stereocenters. The highest BCUT2D eigenvalue weighted by molar-refractivity contribution is 5.77.